The Balaban J connectivity index is 1.80. The molecule has 0 bridgehead atoms. The Morgan fingerprint density at radius 3 is 2.61 bits per heavy atom. The predicted molar refractivity (Wildman–Crippen MR) is 137 cm³/mol. The van der Waals surface area contributed by atoms with E-state index in [2.05, 4.69) is 6.07 Å². The van der Waals surface area contributed by atoms with Gasteiger partial charge in [0.05, 0.1) is 34.4 Å². The number of nitrogens with zero attached hydrogens (tertiary/aromatic N) is 3. The van der Waals surface area contributed by atoms with E-state index in [1.165, 1.54) is 0 Å². The van der Waals surface area contributed by atoms with E-state index in [1.807, 2.05) is 72.0 Å². The molecule has 3 heterocycles. The highest BCUT2D eigenvalue weighted by Crippen LogP contribution is 2.49. The molecular formula is C30H25N3O3. The van der Waals surface area contributed by atoms with E-state index in [9.17, 15) is 15.2 Å². The molecular weight excluding hydrogens is 450 g/mol. The number of furan rings is 1. The van der Waals surface area contributed by atoms with E-state index in [0.29, 0.717) is 17.0 Å². The fourth-order valence-corrected chi connectivity index (χ4v) is 6.26. The number of aliphatic hydroxyl groups is 1. The SMILES string of the molecule is CC(=O)C1C(c2ccccc2)c2c(c(C#N)c3nc4cccc(-c5ccco5)c4n3c2C)CC1(C)O. The monoisotopic (exact) mass is 475 g/mol. The molecule has 178 valence electrons. The topological polar surface area (TPSA) is 91.5 Å². The number of imidazole rings is 1. The summed E-state index contributed by atoms with van der Waals surface area (Å²) in [7, 11) is 0. The Kier molecular flexibility index (Phi) is 4.89. The number of para-hydroxylation sites is 1. The highest BCUT2D eigenvalue weighted by molar-refractivity contribution is 5.95. The molecule has 6 rings (SSSR count). The Hall–Kier alpha value is -4.21. The lowest BCUT2D eigenvalue weighted by atomic mass is 9.62. The van der Waals surface area contributed by atoms with E-state index in [0.717, 1.165) is 39.0 Å². The van der Waals surface area contributed by atoms with Crippen LogP contribution in [-0.4, -0.2) is 25.9 Å². The van der Waals surface area contributed by atoms with Crippen LogP contribution in [0.1, 0.15) is 47.7 Å². The van der Waals surface area contributed by atoms with Gasteiger partial charge in [-0.25, -0.2) is 4.98 Å². The number of nitriles is 1. The third-order valence-corrected chi connectivity index (χ3v) is 7.60. The van der Waals surface area contributed by atoms with Crippen molar-refractivity contribution in [3.63, 3.8) is 0 Å². The number of hydrogen-bond acceptors (Lipinski definition) is 5. The lowest BCUT2D eigenvalue weighted by Gasteiger charge is -2.44. The molecule has 0 fully saturated rings. The molecule has 1 aliphatic rings. The Morgan fingerprint density at radius 2 is 1.94 bits per heavy atom. The molecule has 2 aromatic carbocycles. The minimum atomic E-state index is -1.32. The van der Waals surface area contributed by atoms with Crippen molar-refractivity contribution >= 4 is 22.5 Å². The van der Waals surface area contributed by atoms with Crippen molar-refractivity contribution in [2.75, 3.05) is 0 Å². The lowest BCUT2D eigenvalue weighted by Crippen LogP contribution is -2.48. The number of rotatable bonds is 3. The van der Waals surface area contributed by atoms with Crippen molar-refractivity contribution in [2.45, 2.75) is 38.7 Å². The second-order valence-corrected chi connectivity index (χ2v) is 9.90. The number of fused-ring (bicyclic) bond motifs is 4. The average Bonchev–Trinajstić information content (AvgIpc) is 3.52. The Labute approximate surface area is 208 Å². The summed E-state index contributed by atoms with van der Waals surface area (Å²) in [6, 6.07) is 21.8. The van der Waals surface area contributed by atoms with Gasteiger partial charge in [0.1, 0.15) is 17.6 Å². The molecule has 3 atom stereocenters. The van der Waals surface area contributed by atoms with Gasteiger partial charge in [0.25, 0.3) is 0 Å². The number of carbonyl (C=O) groups excluding carboxylic acids is 1. The normalized spacial score (nSPS) is 21.4. The zero-order valence-electron chi connectivity index (χ0n) is 20.3. The van der Waals surface area contributed by atoms with Gasteiger partial charge in [0, 0.05) is 23.6 Å². The summed E-state index contributed by atoms with van der Waals surface area (Å²) in [6.45, 7) is 5.26. The molecule has 1 aliphatic carbocycles. The molecule has 0 radical (unpaired) electrons. The molecule has 5 aromatic rings. The summed E-state index contributed by atoms with van der Waals surface area (Å²) < 4.78 is 7.76. The fraction of sp³-hybridized carbons (Fsp3) is 0.233. The zero-order chi connectivity index (χ0) is 25.2. The molecule has 0 amide bonds. The summed E-state index contributed by atoms with van der Waals surface area (Å²) in [4.78, 5) is 17.9. The smallest absolute Gasteiger partial charge is 0.156 e. The summed E-state index contributed by atoms with van der Waals surface area (Å²) in [6.07, 6.45) is 1.84. The highest BCUT2D eigenvalue weighted by Gasteiger charge is 2.49. The van der Waals surface area contributed by atoms with Crippen molar-refractivity contribution < 1.29 is 14.3 Å². The standard InChI is InChI=1S/C30H25N3O3/c1-17-25-21(15-30(3,35)27(18(2)34)26(25)19-9-5-4-6-10-19)22(16-31)29-32-23-12-7-11-20(28(23)33(17)29)24-13-8-14-36-24/h4-14,26-27,35H,15H2,1-3H3. The molecule has 0 spiro atoms. The molecule has 36 heavy (non-hydrogen) atoms. The average molecular weight is 476 g/mol. The summed E-state index contributed by atoms with van der Waals surface area (Å²) in [5.41, 5.74) is 5.63. The number of benzene rings is 2. The van der Waals surface area contributed by atoms with Gasteiger partial charge >= 0.3 is 0 Å². The Bertz CT molecular complexity index is 1690. The quantitative estimate of drug-likeness (QED) is 0.368. The second kappa shape index (κ2) is 7.91. The van der Waals surface area contributed by atoms with Gasteiger partial charge in [-0.1, -0.05) is 36.4 Å². The van der Waals surface area contributed by atoms with Crippen LogP contribution < -0.4 is 0 Å². The maximum Gasteiger partial charge on any atom is 0.156 e. The van der Waals surface area contributed by atoms with Gasteiger partial charge in [0.2, 0.25) is 0 Å². The number of Topliss-reactive ketones (excluding diaryl/α,β-unsaturated/α-hetero) is 1. The van der Waals surface area contributed by atoms with E-state index in [1.54, 1.807) is 20.1 Å². The van der Waals surface area contributed by atoms with Crippen LogP contribution in [0.15, 0.2) is 71.3 Å². The van der Waals surface area contributed by atoms with Crippen molar-refractivity contribution in [3.8, 4) is 17.4 Å². The van der Waals surface area contributed by atoms with Gasteiger partial charge in [-0.15, -0.1) is 0 Å². The number of hydrogen-bond donors (Lipinski definition) is 1. The van der Waals surface area contributed by atoms with Crippen LogP contribution in [0.25, 0.3) is 28.0 Å². The molecule has 0 saturated carbocycles. The van der Waals surface area contributed by atoms with Gasteiger partial charge in [-0.2, -0.15) is 5.26 Å². The second-order valence-electron chi connectivity index (χ2n) is 9.90. The largest absolute Gasteiger partial charge is 0.464 e. The lowest BCUT2D eigenvalue weighted by molar-refractivity contribution is -0.130. The highest BCUT2D eigenvalue weighted by atomic mass is 16.3. The van der Waals surface area contributed by atoms with Gasteiger partial charge in [0.15, 0.2) is 5.65 Å². The molecule has 3 aromatic heterocycles. The van der Waals surface area contributed by atoms with Gasteiger partial charge < -0.3 is 9.52 Å². The Morgan fingerprint density at radius 1 is 1.17 bits per heavy atom. The summed E-state index contributed by atoms with van der Waals surface area (Å²) in [5, 5.41) is 22.0. The maximum absolute atomic E-state index is 13.1. The van der Waals surface area contributed by atoms with E-state index in [4.69, 9.17) is 9.40 Å². The van der Waals surface area contributed by atoms with Crippen molar-refractivity contribution in [3.05, 3.63) is 94.9 Å². The summed E-state index contributed by atoms with van der Waals surface area (Å²) >= 11 is 0. The van der Waals surface area contributed by atoms with Crippen molar-refractivity contribution in [2.24, 2.45) is 5.92 Å². The minimum absolute atomic E-state index is 0.0794. The number of aryl methyl sites for hydroxylation is 1. The van der Waals surface area contributed by atoms with Crippen LogP contribution in [0.2, 0.25) is 0 Å². The first-order valence-corrected chi connectivity index (χ1v) is 12.0. The first-order chi connectivity index (χ1) is 17.3. The first-order valence-electron chi connectivity index (χ1n) is 12.0. The number of pyridine rings is 1. The third kappa shape index (κ3) is 3.06. The van der Waals surface area contributed by atoms with Gasteiger partial charge in [-0.3, -0.25) is 9.20 Å². The molecule has 1 N–H and O–H groups in total. The van der Waals surface area contributed by atoms with E-state index < -0.39 is 17.4 Å². The maximum atomic E-state index is 13.1. The summed E-state index contributed by atoms with van der Waals surface area (Å²) in [5.74, 6) is -0.437. The molecule has 0 saturated heterocycles. The zero-order valence-corrected chi connectivity index (χ0v) is 20.3. The number of carbonyl (C=O) groups is 1. The van der Waals surface area contributed by atoms with Crippen LogP contribution in [-0.2, 0) is 11.2 Å². The van der Waals surface area contributed by atoms with Crippen LogP contribution in [0.3, 0.4) is 0 Å². The molecule has 3 unspecified atom stereocenters. The van der Waals surface area contributed by atoms with E-state index in [-0.39, 0.29) is 12.2 Å². The minimum Gasteiger partial charge on any atom is -0.464 e. The van der Waals surface area contributed by atoms with Crippen molar-refractivity contribution in [1.29, 1.82) is 5.26 Å². The van der Waals surface area contributed by atoms with Crippen LogP contribution >= 0.6 is 0 Å². The van der Waals surface area contributed by atoms with Crippen LogP contribution in [0, 0.1) is 24.2 Å². The molecule has 0 aliphatic heterocycles. The van der Waals surface area contributed by atoms with Crippen LogP contribution in [0.5, 0.6) is 0 Å². The first kappa shape index (κ1) is 22.3. The fourth-order valence-electron chi connectivity index (χ4n) is 6.26. The van der Waals surface area contributed by atoms with Crippen molar-refractivity contribution in [1.82, 2.24) is 9.38 Å². The predicted octanol–water partition coefficient (Wildman–Crippen LogP) is 5.57. The molecule has 6 nitrogen and oxygen atoms in total. The van der Waals surface area contributed by atoms with Gasteiger partial charge in [-0.05, 0) is 61.7 Å². The number of aromatic nitrogens is 2. The molecule has 6 heteroatoms. The van der Waals surface area contributed by atoms with E-state index >= 15 is 0 Å². The van der Waals surface area contributed by atoms with Crippen LogP contribution in [0.4, 0.5) is 0 Å². The number of ketones is 1. The third-order valence-electron chi connectivity index (χ3n) is 7.60.